The standard InChI is InChI=1S/C22H46/c1-5-7-9-11-12-14-16-18-22(20-19-21(3)4)17-15-13-10-8-6-2/h21-22H,5-20H2,1-4H3. The molecule has 0 amide bonds. The van der Waals surface area contributed by atoms with Gasteiger partial charge in [0.2, 0.25) is 0 Å². The first kappa shape index (κ1) is 22.0. The maximum atomic E-state index is 2.38. The Balaban J connectivity index is 3.68. The molecule has 1 unspecified atom stereocenters. The zero-order valence-corrected chi connectivity index (χ0v) is 16.5. The molecule has 0 aliphatic rings. The predicted molar refractivity (Wildman–Crippen MR) is 104 cm³/mol. The summed E-state index contributed by atoms with van der Waals surface area (Å²) in [4.78, 5) is 0. The van der Waals surface area contributed by atoms with Crippen LogP contribution in [0.15, 0.2) is 0 Å². The van der Waals surface area contributed by atoms with Crippen molar-refractivity contribution < 1.29 is 0 Å². The van der Waals surface area contributed by atoms with Crippen molar-refractivity contribution in [3.63, 3.8) is 0 Å². The van der Waals surface area contributed by atoms with Gasteiger partial charge in [0.1, 0.15) is 0 Å². The van der Waals surface area contributed by atoms with Gasteiger partial charge < -0.3 is 0 Å². The average Bonchev–Trinajstić information content (AvgIpc) is 2.50. The molecule has 0 rings (SSSR count). The van der Waals surface area contributed by atoms with E-state index in [1.165, 1.54) is 103 Å². The summed E-state index contributed by atoms with van der Waals surface area (Å²) in [5, 5.41) is 0. The fourth-order valence-electron chi connectivity index (χ4n) is 3.43. The van der Waals surface area contributed by atoms with Gasteiger partial charge >= 0.3 is 0 Å². The summed E-state index contributed by atoms with van der Waals surface area (Å²) in [5.74, 6) is 1.91. The topological polar surface area (TPSA) is 0 Å². The van der Waals surface area contributed by atoms with Gasteiger partial charge in [-0.3, -0.25) is 0 Å². The summed E-state index contributed by atoms with van der Waals surface area (Å²) in [6.45, 7) is 9.38. The third kappa shape index (κ3) is 16.4. The lowest BCUT2D eigenvalue weighted by Gasteiger charge is -2.18. The molecule has 134 valence electrons. The normalized spacial score (nSPS) is 13.0. The zero-order chi connectivity index (χ0) is 16.5. The van der Waals surface area contributed by atoms with Crippen molar-refractivity contribution in [1.29, 1.82) is 0 Å². The van der Waals surface area contributed by atoms with Crippen LogP contribution in [0.5, 0.6) is 0 Å². The monoisotopic (exact) mass is 310 g/mol. The van der Waals surface area contributed by atoms with Crippen LogP contribution in [0.3, 0.4) is 0 Å². The quantitative estimate of drug-likeness (QED) is 0.236. The summed E-state index contributed by atoms with van der Waals surface area (Å²) < 4.78 is 0. The maximum Gasteiger partial charge on any atom is -0.0414 e. The van der Waals surface area contributed by atoms with Gasteiger partial charge in [0.05, 0.1) is 0 Å². The first-order valence-corrected chi connectivity index (χ1v) is 10.7. The molecule has 1 atom stereocenters. The Labute approximate surface area is 142 Å². The molecule has 0 bridgehead atoms. The number of unbranched alkanes of at least 4 members (excludes halogenated alkanes) is 10. The highest BCUT2D eigenvalue weighted by Crippen LogP contribution is 2.25. The van der Waals surface area contributed by atoms with E-state index >= 15 is 0 Å². The summed E-state index contributed by atoms with van der Waals surface area (Å²) in [6, 6.07) is 0. The Hall–Kier alpha value is 0. The van der Waals surface area contributed by atoms with Crippen molar-refractivity contribution in [2.45, 2.75) is 130 Å². The molecule has 0 fully saturated rings. The molecule has 22 heavy (non-hydrogen) atoms. The second-order valence-corrected chi connectivity index (χ2v) is 7.95. The third-order valence-corrected chi connectivity index (χ3v) is 5.08. The number of hydrogen-bond donors (Lipinski definition) is 0. The van der Waals surface area contributed by atoms with Crippen LogP contribution >= 0.6 is 0 Å². The van der Waals surface area contributed by atoms with E-state index in [4.69, 9.17) is 0 Å². The summed E-state index contributed by atoms with van der Waals surface area (Å²) >= 11 is 0. The molecular formula is C22H46. The molecule has 0 heteroatoms. The molecule has 0 aliphatic heterocycles. The first-order chi connectivity index (χ1) is 10.7. The van der Waals surface area contributed by atoms with Crippen LogP contribution < -0.4 is 0 Å². The Morgan fingerprint density at radius 2 is 0.864 bits per heavy atom. The predicted octanol–water partition coefficient (Wildman–Crippen LogP) is 8.54. The lowest BCUT2D eigenvalue weighted by atomic mass is 9.88. The lowest BCUT2D eigenvalue weighted by Crippen LogP contribution is -2.03. The molecule has 0 aromatic heterocycles. The first-order valence-electron chi connectivity index (χ1n) is 10.7. The molecule has 0 saturated carbocycles. The van der Waals surface area contributed by atoms with Crippen LogP contribution in [-0.2, 0) is 0 Å². The van der Waals surface area contributed by atoms with E-state index in [1.54, 1.807) is 0 Å². The number of rotatable bonds is 17. The molecule has 0 saturated heterocycles. The Morgan fingerprint density at radius 1 is 0.455 bits per heavy atom. The van der Waals surface area contributed by atoms with Crippen LogP contribution in [0.4, 0.5) is 0 Å². The SMILES string of the molecule is CCCCCCCCCC(CCCCCCC)CCC(C)C. The summed E-state index contributed by atoms with van der Waals surface area (Å²) in [7, 11) is 0. The molecule has 0 heterocycles. The van der Waals surface area contributed by atoms with E-state index in [1.807, 2.05) is 0 Å². The van der Waals surface area contributed by atoms with E-state index in [2.05, 4.69) is 27.7 Å². The van der Waals surface area contributed by atoms with E-state index < -0.39 is 0 Å². The van der Waals surface area contributed by atoms with Gasteiger partial charge in [-0.05, 0) is 11.8 Å². The summed E-state index contributed by atoms with van der Waals surface area (Å²) in [6.07, 6.45) is 23.4. The van der Waals surface area contributed by atoms with Crippen LogP contribution in [0.2, 0.25) is 0 Å². The second-order valence-electron chi connectivity index (χ2n) is 7.95. The van der Waals surface area contributed by atoms with Crippen molar-refractivity contribution in [3.05, 3.63) is 0 Å². The average molecular weight is 311 g/mol. The largest absolute Gasteiger partial charge is 0.0654 e. The van der Waals surface area contributed by atoms with Gasteiger partial charge in [-0.1, -0.05) is 130 Å². The van der Waals surface area contributed by atoms with Gasteiger partial charge in [-0.15, -0.1) is 0 Å². The molecule has 0 aromatic carbocycles. The fourth-order valence-corrected chi connectivity index (χ4v) is 3.43. The minimum absolute atomic E-state index is 0.886. The third-order valence-electron chi connectivity index (χ3n) is 5.08. The molecule has 0 radical (unpaired) electrons. The molecule has 0 aliphatic carbocycles. The summed E-state index contributed by atoms with van der Waals surface area (Å²) in [5.41, 5.74) is 0. The van der Waals surface area contributed by atoms with Crippen LogP contribution in [-0.4, -0.2) is 0 Å². The highest BCUT2D eigenvalue weighted by Gasteiger charge is 2.09. The van der Waals surface area contributed by atoms with Crippen molar-refractivity contribution in [2.24, 2.45) is 11.8 Å². The van der Waals surface area contributed by atoms with Crippen LogP contribution in [0.1, 0.15) is 130 Å². The van der Waals surface area contributed by atoms with E-state index in [-0.39, 0.29) is 0 Å². The highest BCUT2D eigenvalue weighted by molar-refractivity contribution is 4.62. The van der Waals surface area contributed by atoms with E-state index in [0.29, 0.717) is 0 Å². The van der Waals surface area contributed by atoms with E-state index in [0.717, 1.165) is 11.8 Å². The smallest absolute Gasteiger partial charge is 0.0414 e. The maximum absolute atomic E-state index is 2.38. The number of hydrogen-bond acceptors (Lipinski definition) is 0. The fraction of sp³-hybridized carbons (Fsp3) is 1.00. The van der Waals surface area contributed by atoms with Crippen molar-refractivity contribution >= 4 is 0 Å². The van der Waals surface area contributed by atoms with Crippen molar-refractivity contribution in [3.8, 4) is 0 Å². The Kier molecular flexibility index (Phi) is 17.4. The molecule has 0 aromatic rings. The van der Waals surface area contributed by atoms with Crippen molar-refractivity contribution in [2.75, 3.05) is 0 Å². The second kappa shape index (κ2) is 17.4. The molecule has 0 nitrogen and oxygen atoms in total. The zero-order valence-electron chi connectivity index (χ0n) is 16.5. The Morgan fingerprint density at radius 3 is 1.27 bits per heavy atom. The molecule has 0 N–H and O–H groups in total. The van der Waals surface area contributed by atoms with Gasteiger partial charge in [0.25, 0.3) is 0 Å². The minimum atomic E-state index is 0.886. The lowest BCUT2D eigenvalue weighted by molar-refractivity contribution is 0.352. The van der Waals surface area contributed by atoms with Gasteiger partial charge in [0, 0.05) is 0 Å². The highest BCUT2D eigenvalue weighted by atomic mass is 14.2. The minimum Gasteiger partial charge on any atom is -0.0654 e. The molecular weight excluding hydrogens is 264 g/mol. The van der Waals surface area contributed by atoms with Crippen molar-refractivity contribution in [1.82, 2.24) is 0 Å². The molecule has 0 spiro atoms. The van der Waals surface area contributed by atoms with Gasteiger partial charge in [-0.2, -0.15) is 0 Å². The Bertz CT molecular complexity index is 194. The van der Waals surface area contributed by atoms with E-state index in [9.17, 15) is 0 Å². The van der Waals surface area contributed by atoms with Crippen LogP contribution in [0.25, 0.3) is 0 Å². The van der Waals surface area contributed by atoms with Gasteiger partial charge in [0.15, 0.2) is 0 Å². The van der Waals surface area contributed by atoms with Gasteiger partial charge in [-0.25, -0.2) is 0 Å². The van der Waals surface area contributed by atoms with Crippen LogP contribution in [0, 0.1) is 11.8 Å².